The van der Waals surface area contributed by atoms with Gasteiger partial charge in [0.1, 0.15) is 0 Å². The largest absolute Gasteiger partial charge is 0.465 e. The van der Waals surface area contributed by atoms with E-state index in [1.165, 1.54) is 0 Å². The second-order valence-corrected chi connectivity index (χ2v) is 5.60. The van der Waals surface area contributed by atoms with Crippen LogP contribution in [0.5, 0.6) is 0 Å². The van der Waals surface area contributed by atoms with E-state index in [0.717, 1.165) is 21.6 Å². The number of nitrogens with zero attached hydrogens (tertiary/aromatic N) is 5. The van der Waals surface area contributed by atoms with Crippen LogP contribution in [-0.4, -0.2) is 21.7 Å². The molecule has 0 aliphatic rings. The minimum atomic E-state index is 0.563. The Morgan fingerprint density at radius 1 is 1.20 bits per heavy atom. The molecule has 0 amide bonds. The lowest BCUT2D eigenvalue weighted by Gasteiger charge is -2.17. The van der Waals surface area contributed by atoms with Crippen molar-refractivity contribution in [3.8, 4) is 17.5 Å². The van der Waals surface area contributed by atoms with Gasteiger partial charge >= 0.3 is 0 Å². The van der Waals surface area contributed by atoms with Crippen LogP contribution < -0.4 is 4.73 Å². The van der Waals surface area contributed by atoms with Gasteiger partial charge in [0.15, 0.2) is 0 Å². The summed E-state index contributed by atoms with van der Waals surface area (Å²) < 4.78 is 1.03. The summed E-state index contributed by atoms with van der Waals surface area (Å²) in [5.74, 6) is 1.22. The minimum absolute atomic E-state index is 0.563. The number of nitriles is 1. The number of aromatic nitrogens is 3. The molecule has 3 rings (SSSR count). The van der Waals surface area contributed by atoms with Crippen LogP contribution in [0.3, 0.4) is 0 Å². The number of pyridine rings is 1. The van der Waals surface area contributed by atoms with Crippen molar-refractivity contribution in [1.82, 2.24) is 9.97 Å². The third-order valence-corrected chi connectivity index (χ3v) is 3.63. The normalized spacial score (nSPS) is 10.2. The molecule has 2 heterocycles. The molecule has 2 aromatic heterocycles. The molecule has 0 unspecified atom stereocenters. The third-order valence-electron chi connectivity index (χ3n) is 3.63. The van der Waals surface area contributed by atoms with Crippen molar-refractivity contribution in [1.29, 1.82) is 5.26 Å². The molecule has 0 saturated heterocycles. The first-order valence-electron chi connectivity index (χ1n) is 7.87. The van der Waals surface area contributed by atoms with E-state index in [-0.39, 0.29) is 0 Å². The first kappa shape index (κ1) is 16.4. The zero-order valence-electron chi connectivity index (χ0n) is 13.8. The molecule has 0 bridgehead atoms. The lowest BCUT2D eigenvalue weighted by molar-refractivity contribution is -0.905. The van der Waals surface area contributed by atoms with E-state index < -0.39 is 0 Å². The van der Waals surface area contributed by atoms with Gasteiger partial charge in [0.05, 0.1) is 17.5 Å². The number of hydrogen-bond donors (Lipinski definition) is 1. The average Bonchev–Trinajstić information content (AvgIpc) is 2.61. The minimum Gasteiger partial charge on any atom is -0.465 e. The van der Waals surface area contributed by atoms with Crippen molar-refractivity contribution in [3.63, 3.8) is 0 Å². The van der Waals surface area contributed by atoms with Crippen LogP contribution in [0.1, 0.15) is 16.8 Å². The maximum atomic E-state index is 9.41. The van der Waals surface area contributed by atoms with E-state index in [1.54, 1.807) is 30.6 Å². The molecule has 124 valence electrons. The van der Waals surface area contributed by atoms with Crippen LogP contribution in [0.15, 0.2) is 54.9 Å². The Hall–Kier alpha value is -3.46. The summed E-state index contributed by atoms with van der Waals surface area (Å²) in [6.45, 7) is 2.47. The fourth-order valence-electron chi connectivity index (χ4n) is 2.41. The van der Waals surface area contributed by atoms with E-state index in [0.29, 0.717) is 30.2 Å². The molecule has 0 aliphatic heterocycles. The molecule has 0 atom stereocenters. The van der Waals surface area contributed by atoms with Gasteiger partial charge in [0.2, 0.25) is 12.4 Å². The third kappa shape index (κ3) is 4.30. The van der Waals surface area contributed by atoms with Crippen LogP contribution in [0.4, 0.5) is 5.82 Å². The first-order valence-corrected chi connectivity index (χ1v) is 7.87. The smallest absolute Gasteiger partial charge is 0.225 e. The molecule has 0 radical (unpaired) electrons. The quantitative estimate of drug-likeness (QED) is 0.575. The molecule has 6 heteroatoms. The fraction of sp³-hybridized carbons (Fsp3) is 0.158. The second-order valence-electron chi connectivity index (χ2n) is 5.60. The highest BCUT2D eigenvalue weighted by Crippen LogP contribution is 2.22. The Morgan fingerprint density at radius 3 is 2.72 bits per heavy atom. The number of aryl methyl sites for hydroxylation is 1. The van der Waals surface area contributed by atoms with Gasteiger partial charge in [-0.05, 0) is 49.7 Å². The number of benzene rings is 1. The van der Waals surface area contributed by atoms with Crippen LogP contribution >= 0.6 is 0 Å². The molecule has 0 saturated carbocycles. The Balaban J connectivity index is 1.71. The molecule has 25 heavy (non-hydrogen) atoms. The summed E-state index contributed by atoms with van der Waals surface area (Å²) in [6.07, 6.45) is 3.93. The Kier molecular flexibility index (Phi) is 4.86. The van der Waals surface area contributed by atoms with Gasteiger partial charge in [-0.25, -0.2) is 0 Å². The Bertz CT molecular complexity index is 916. The maximum Gasteiger partial charge on any atom is 0.225 e. The fourth-order valence-corrected chi connectivity index (χ4v) is 2.41. The van der Waals surface area contributed by atoms with E-state index in [1.807, 2.05) is 31.2 Å². The average molecular weight is 331 g/mol. The van der Waals surface area contributed by atoms with Crippen molar-refractivity contribution in [3.05, 3.63) is 77.0 Å². The molecule has 1 aromatic carbocycles. The van der Waals surface area contributed by atoms with Crippen LogP contribution in [0.25, 0.3) is 16.7 Å². The Morgan fingerprint density at radius 2 is 2.00 bits per heavy atom. The topological polar surface area (TPSA) is 87.8 Å². The number of rotatable bonds is 5. The molecule has 6 nitrogen and oxygen atoms in total. The highest BCUT2D eigenvalue weighted by atomic mass is 16.5. The standard InChI is InChI=1S/C19H17N5O/c1-14-11-18(21-9-8-16-3-2-10-24(25)13-16)23-19(22-14)17-6-4-15(12-20)5-7-17/h2-7,10-11,13H,8-9H2,1H3,(H-,21,22,23,25). The van der Waals surface area contributed by atoms with Gasteiger partial charge < -0.3 is 10.3 Å². The Labute approximate surface area is 146 Å². The van der Waals surface area contributed by atoms with Crippen LogP contribution in [0.2, 0.25) is 0 Å². The van der Waals surface area contributed by atoms with Crippen molar-refractivity contribution in [2.45, 2.75) is 13.3 Å². The van der Waals surface area contributed by atoms with E-state index >= 15 is 0 Å². The summed E-state index contributed by atoms with van der Waals surface area (Å²) in [7, 11) is 0. The highest BCUT2D eigenvalue weighted by Gasteiger charge is 2.01. The molecule has 3 aromatic rings. The van der Waals surface area contributed by atoms with E-state index in [4.69, 9.17) is 5.26 Å². The maximum absolute atomic E-state index is 9.41. The monoisotopic (exact) mass is 331 g/mol. The molecular weight excluding hydrogens is 314 g/mol. The lowest BCUT2D eigenvalue weighted by atomic mass is 10.1. The van der Waals surface area contributed by atoms with Crippen molar-refractivity contribution in [2.75, 3.05) is 6.54 Å². The molecular formula is C19H17N5O. The van der Waals surface area contributed by atoms with Gasteiger partial charge in [0, 0.05) is 22.1 Å². The van der Waals surface area contributed by atoms with Gasteiger partial charge in [-0.1, -0.05) is 18.0 Å². The predicted molar refractivity (Wildman–Crippen MR) is 92.3 cm³/mol. The summed E-state index contributed by atoms with van der Waals surface area (Å²) >= 11 is 0. The summed E-state index contributed by atoms with van der Waals surface area (Å²) in [5, 5.41) is 22.8. The second kappa shape index (κ2) is 7.41. The highest BCUT2D eigenvalue weighted by molar-refractivity contribution is 5.59. The van der Waals surface area contributed by atoms with Gasteiger partial charge in [-0.3, -0.25) is 10.2 Å². The molecule has 0 fully saturated rings. The van der Waals surface area contributed by atoms with Crippen LogP contribution in [-0.2, 0) is 6.42 Å². The van der Waals surface area contributed by atoms with Crippen molar-refractivity contribution in [2.24, 2.45) is 0 Å². The van der Waals surface area contributed by atoms with Gasteiger partial charge in [-0.15, -0.1) is 0 Å². The SMILES string of the molecule is Cc1cc([N-]CCc2ccc[n+](O)c2)nc(-c2ccc(C#N)cc2)n1. The molecule has 0 aliphatic carbocycles. The lowest BCUT2D eigenvalue weighted by Crippen LogP contribution is -2.28. The van der Waals surface area contributed by atoms with E-state index in [9.17, 15) is 5.21 Å². The molecule has 1 N–H and O–H groups in total. The summed E-state index contributed by atoms with van der Waals surface area (Å²) in [5.41, 5.74) is 3.28. The van der Waals surface area contributed by atoms with Gasteiger partial charge in [-0.2, -0.15) is 5.26 Å². The number of hydrogen-bond acceptors (Lipinski definition) is 4. The zero-order chi connectivity index (χ0) is 17.6. The van der Waals surface area contributed by atoms with Crippen molar-refractivity contribution < 1.29 is 9.94 Å². The van der Waals surface area contributed by atoms with E-state index in [2.05, 4.69) is 21.4 Å². The first-order chi connectivity index (χ1) is 12.1. The summed E-state index contributed by atoms with van der Waals surface area (Å²) in [6, 6.07) is 14.8. The van der Waals surface area contributed by atoms with Gasteiger partial charge in [0.25, 0.3) is 0 Å². The molecule has 0 spiro atoms. The van der Waals surface area contributed by atoms with Crippen LogP contribution in [0, 0.1) is 18.3 Å². The van der Waals surface area contributed by atoms with Crippen molar-refractivity contribution >= 4 is 5.82 Å². The predicted octanol–water partition coefficient (Wildman–Crippen LogP) is 3.10. The summed E-state index contributed by atoms with van der Waals surface area (Å²) in [4.78, 5) is 8.94. The zero-order valence-corrected chi connectivity index (χ0v) is 13.8.